The molecule has 1 N–H and O–H groups in total. The second-order valence-electron chi connectivity index (χ2n) is 5.35. The smallest absolute Gasteiger partial charge is 0.236 e. The van der Waals surface area contributed by atoms with E-state index in [1.165, 1.54) is 12.3 Å². The first-order chi connectivity index (χ1) is 9.54. The lowest BCUT2D eigenvalue weighted by Gasteiger charge is -2.32. The van der Waals surface area contributed by atoms with Crippen LogP contribution in [0.2, 0.25) is 0 Å². The first-order valence-electron chi connectivity index (χ1n) is 6.85. The predicted molar refractivity (Wildman–Crippen MR) is 76.0 cm³/mol. The third kappa shape index (κ3) is 4.16. The lowest BCUT2D eigenvalue weighted by molar-refractivity contribution is -0.130. The molecule has 0 atom stereocenters. The Kier molecular flexibility index (Phi) is 4.89. The normalized spacial score (nSPS) is 16.9. The van der Waals surface area contributed by atoms with Crippen molar-refractivity contribution in [2.45, 2.75) is 18.9 Å². The number of likely N-dealkylation sites (tertiary alicyclic amines) is 1. The molecule has 1 aliphatic rings. The minimum atomic E-state index is -0.465. The molecule has 0 bridgehead atoms. The average molecular weight is 280 g/mol. The third-order valence-corrected chi connectivity index (χ3v) is 3.54. The highest BCUT2D eigenvalue weighted by Crippen LogP contribution is 2.16. The number of hydrogen-bond acceptors (Lipinski definition) is 4. The van der Waals surface area contributed by atoms with E-state index in [1.54, 1.807) is 25.1 Å². The number of rotatable bonds is 4. The Morgan fingerprint density at radius 1 is 1.45 bits per heavy atom. The molecule has 5 nitrogen and oxygen atoms in total. The summed E-state index contributed by atoms with van der Waals surface area (Å²) in [5.74, 6) is -0.327. The van der Waals surface area contributed by atoms with Crippen LogP contribution in [0.25, 0.3) is 0 Å². The van der Waals surface area contributed by atoms with Crippen molar-refractivity contribution < 1.29 is 9.18 Å². The van der Waals surface area contributed by atoms with Crippen LogP contribution in [0, 0.1) is 5.95 Å². The summed E-state index contributed by atoms with van der Waals surface area (Å²) in [4.78, 5) is 19.1. The number of pyridine rings is 1. The van der Waals surface area contributed by atoms with Crippen LogP contribution in [-0.4, -0.2) is 60.5 Å². The molecule has 1 fully saturated rings. The van der Waals surface area contributed by atoms with Crippen molar-refractivity contribution in [3.63, 3.8) is 0 Å². The summed E-state index contributed by atoms with van der Waals surface area (Å²) in [6, 6.07) is 3.41. The highest BCUT2D eigenvalue weighted by atomic mass is 19.1. The quantitative estimate of drug-likeness (QED) is 0.842. The molecule has 0 aliphatic carbocycles. The molecule has 0 spiro atoms. The SMILES string of the molecule is CN(C)C(=O)CN1CCC(Nc2ccc(F)nc2)CC1. The summed E-state index contributed by atoms with van der Waals surface area (Å²) in [5, 5.41) is 3.35. The summed E-state index contributed by atoms with van der Waals surface area (Å²) in [6.07, 6.45) is 3.45. The van der Waals surface area contributed by atoms with E-state index in [1.807, 2.05) is 0 Å². The first kappa shape index (κ1) is 14.7. The molecule has 1 aliphatic heterocycles. The Hall–Kier alpha value is -1.69. The second-order valence-corrected chi connectivity index (χ2v) is 5.35. The second kappa shape index (κ2) is 6.65. The predicted octanol–water partition coefficient (Wildman–Crippen LogP) is 1.19. The number of amides is 1. The van der Waals surface area contributed by atoms with Gasteiger partial charge in [0.25, 0.3) is 0 Å². The molecular formula is C14H21FN4O. The third-order valence-electron chi connectivity index (χ3n) is 3.54. The van der Waals surface area contributed by atoms with Gasteiger partial charge in [-0.1, -0.05) is 0 Å². The number of carbonyl (C=O) groups is 1. The Labute approximate surface area is 118 Å². The van der Waals surface area contributed by atoms with Gasteiger partial charge in [0.2, 0.25) is 11.9 Å². The lowest BCUT2D eigenvalue weighted by atomic mass is 10.0. The fourth-order valence-electron chi connectivity index (χ4n) is 2.27. The summed E-state index contributed by atoms with van der Waals surface area (Å²) in [7, 11) is 3.55. The molecular weight excluding hydrogens is 259 g/mol. The van der Waals surface area contributed by atoms with Crippen molar-refractivity contribution in [3.8, 4) is 0 Å². The van der Waals surface area contributed by atoms with Gasteiger partial charge in [-0.3, -0.25) is 9.69 Å². The maximum absolute atomic E-state index is 12.7. The van der Waals surface area contributed by atoms with Crippen LogP contribution in [-0.2, 0) is 4.79 Å². The zero-order valence-electron chi connectivity index (χ0n) is 12.0. The number of anilines is 1. The molecule has 110 valence electrons. The molecule has 0 radical (unpaired) electrons. The van der Waals surface area contributed by atoms with Crippen LogP contribution < -0.4 is 5.32 Å². The molecule has 6 heteroatoms. The van der Waals surface area contributed by atoms with Crippen molar-refractivity contribution in [2.75, 3.05) is 39.0 Å². The van der Waals surface area contributed by atoms with Gasteiger partial charge < -0.3 is 10.2 Å². The van der Waals surface area contributed by atoms with Gasteiger partial charge in [-0.05, 0) is 25.0 Å². The zero-order valence-corrected chi connectivity index (χ0v) is 12.0. The minimum absolute atomic E-state index is 0.138. The van der Waals surface area contributed by atoms with Gasteiger partial charge in [0, 0.05) is 33.2 Å². The van der Waals surface area contributed by atoms with E-state index in [4.69, 9.17) is 0 Å². The fourth-order valence-corrected chi connectivity index (χ4v) is 2.27. The number of likely N-dealkylation sites (N-methyl/N-ethyl adjacent to an activating group) is 1. The number of hydrogen-bond donors (Lipinski definition) is 1. The van der Waals surface area contributed by atoms with E-state index < -0.39 is 5.95 Å². The van der Waals surface area contributed by atoms with E-state index in [2.05, 4.69) is 15.2 Å². The van der Waals surface area contributed by atoms with Crippen LogP contribution in [0.15, 0.2) is 18.3 Å². The number of nitrogens with zero attached hydrogens (tertiary/aromatic N) is 3. The van der Waals surface area contributed by atoms with Crippen LogP contribution in [0.4, 0.5) is 10.1 Å². The molecule has 2 heterocycles. The monoisotopic (exact) mass is 280 g/mol. The molecule has 1 aromatic rings. The maximum atomic E-state index is 12.7. The molecule has 2 rings (SSSR count). The van der Waals surface area contributed by atoms with Crippen LogP contribution in [0.1, 0.15) is 12.8 Å². The number of halogens is 1. The number of nitrogens with one attached hydrogen (secondary N) is 1. The van der Waals surface area contributed by atoms with Gasteiger partial charge in [0.1, 0.15) is 0 Å². The fraction of sp³-hybridized carbons (Fsp3) is 0.571. The van der Waals surface area contributed by atoms with Gasteiger partial charge >= 0.3 is 0 Å². The van der Waals surface area contributed by atoms with E-state index in [-0.39, 0.29) is 5.91 Å². The highest BCUT2D eigenvalue weighted by Gasteiger charge is 2.21. The Bertz CT molecular complexity index is 441. The summed E-state index contributed by atoms with van der Waals surface area (Å²) in [5.41, 5.74) is 0.842. The number of carbonyl (C=O) groups excluding carboxylic acids is 1. The van der Waals surface area contributed by atoms with Gasteiger partial charge in [-0.25, -0.2) is 4.98 Å². The molecule has 1 aromatic heterocycles. The molecule has 0 aromatic carbocycles. The van der Waals surface area contributed by atoms with E-state index >= 15 is 0 Å². The maximum Gasteiger partial charge on any atom is 0.236 e. The van der Waals surface area contributed by atoms with Crippen molar-refractivity contribution in [3.05, 3.63) is 24.3 Å². The molecule has 1 saturated heterocycles. The van der Waals surface area contributed by atoms with Gasteiger partial charge in [0.15, 0.2) is 0 Å². The Balaban J connectivity index is 1.77. The van der Waals surface area contributed by atoms with Crippen LogP contribution >= 0.6 is 0 Å². The Morgan fingerprint density at radius 2 is 2.15 bits per heavy atom. The van der Waals surface area contributed by atoms with Crippen LogP contribution in [0.3, 0.4) is 0 Å². The van der Waals surface area contributed by atoms with E-state index in [0.717, 1.165) is 31.6 Å². The molecule has 0 unspecified atom stereocenters. The van der Waals surface area contributed by atoms with Gasteiger partial charge in [-0.2, -0.15) is 4.39 Å². The number of piperidine rings is 1. The largest absolute Gasteiger partial charge is 0.381 e. The highest BCUT2D eigenvalue weighted by molar-refractivity contribution is 5.77. The average Bonchev–Trinajstić information content (AvgIpc) is 2.43. The van der Waals surface area contributed by atoms with Crippen LogP contribution in [0.5, 0.6) is 0 Å². The minimum Gasteiger partial charge on any atom is -0.381 e. The van der Waals surface area contributed by atoms with Gasteiger partial charge in [-0.15, -0.1) is 0 Å². The lowest BCUT2D eigenvalue weighted by Crippen LogP contribution is -2.43. The molecule has 1 amide bonds. The van der Waals surface area contributed by atoms with Crippen molar-refractivity contribution in [1.82, 2.24) is 14.8 Å². The van der Waals surface area contributed by atoms with Crippen molar-refractivity contribution in [1.29, 1.82) is 0 Å². The van der Waals surface area contributed by atoms with Gasteiger partial charge in [0.05, 0.1) is 18.4 Å². The summed E-state index contributed by atoms with van der Waals surface area (Å²) < 4.78 is 12.7. The van der Waals surface area contributed by atoms with E-state index in [0.29, 0.717) is 12.6 Å². The topological polar surface area (TPSA) is 48.5 Å². The van der Waals surface area contributed by atoms with Crippen molar-refractivity contribution in [2.24, 2.45) is 0 Å². The standard InChI is InChI=1S/C14H21FN4O/c1-18(2)14(20)10-19-7-5-11(6-8-19)17-12-3-4-13(15)16-9-12/h3-4,9,11,17H,5-8,10H2,1-2H3. The summed E-state index contributed by atoms with van der Waals surface area (Å²) >= 11 is 0. The van der Waals surface area contributed by atoms with E-state index in [9.17, 15) is 9.18 Å². The van der Waals surface area contributed by atoms with Crippen molar-refractivity contribution >= 4 is 11.6 Å². The summed E-state index contributed by atoms with van der Waals surface area (Å²) in [6.45, 7) is 2.27. The molecule has 0 saturated carbocycles. The molecule has 20 heavy (non-hydrogen) atoms. The Morgan fingerprint density at radius 3 is 2.70 bits per heavy atom. The zero-order chi connectivity index (χ0) is 14.5. The first-order valence-corrected chi connectivity index (χ1v) is 6.85. The number of aromatic nitrogens is 1.